The number of hydrogen-bond donors (Lipinski definition) is 2. The summed E-state index contributed by atoms with van der Waals surface area (Å²) in [6.07, 6.45) is 2.56. The first-order valence-electron chi connectivity index (χ1n) is 9.64. The Morgan fingerprint density at radius 3 is 2.50 bits per heavy atom. The Balaban J connectivity index is 1.49. The lowest BCUT2D eigenvalue weighted by atomic mass is 10.3. The van der Waals surface area contributed by atoms with Crippen molar-refractivity contribution in [2.24, 2.45) is 5.73 Å². The molecule has 0 aliphatic carbocycles. The summed E-state index contributed by atoms with van der Waals surface area (Å²) in [5.74, 6) is -0.498. The lowest BCUT2D eigenvalue weighted by Crippen LogP contribution is -2.14. The van der Waals surface area contributed by atoms with Gasteiger partial charge in [0.2, 0.25) is 0 Å². The second kappa shape index (κ2) is 8.32. The number of para-hydroxylation sites is 1. The fourth-order valence-electron chi connectivity index (χ4n) is 3.25. The van der Waals surface area contributed by atoms with Gasteiger partial charge in [0, 0.05) is 0 Å². The number of nitrogens with one attached hydrogen (secondary N) is 1. The van der Waals surface area contributed by atoms with E-state index in [4.69, 9.17) is 28.9 Å². The van der Waals surface area contributed by atoms with E-state index in [0.29, 0.717) is 28.7 Å². The van der Waals surface area contributed by atoms with E-state index in [1.807, 2.05) is 0 Å². The van der Waals surface area contributed by atoms with Crippen LogP contribution in [-0.2, 0) is 0 Å². The highest BCUT2D eigenvalue weighted by atomic mass is 35.5. The summed E-state index contributed by atoms with van der Waals surface area (Å²) in [6, 6.07) is 8.20. The van der Waals surface area contributed by atoms with Gasteiger partial charge in [-0.25, -0.2) is 9.37 Å². The third-order valence-electron chi connectivity index (χ3n) is 4.81. The molecular weight excluding hydrogens is 486 g/mol. The number of nitrogens with two attached hydrogens (primary N) is 1. The minimum Gasteiger partial charge on any atom is -0.364 e. The number of nitrogens with zero attached hydrogens (tertiary/aromatic N) is 8. The van der Waals surface area contributed by atoms with Crippen LogP contribution in [-0.4, -0.2) is 45.5 Å². The molecule has 0 bridgehead atoms. The van der Waals surface area contributed by atoms with Crippen molar-refractivity contribution in [3.8, 4) is 17.2 Å². The number of amides is 1. The zero-order valence-corrected chi connectivity index (χ0v) is 18.8. The Bertz CT molecular complexity index is 1540. The maximum atomic E-state index is 14.0. The van der Waals surface area contributed by atoms with Crippen LogP contribution in [0, 0.1) is 12.7 Å². The Kier molecular flexibility index (Phi) is 5.30. The molecule has 34 heavy (non-hydrogen) atoms. The minimum absolute atomic E-state index is 0.0486. The van der Waals surface area contributed by atoms with Gasteiger partial charge in [-0.3, -0.25) is 14.2 Å². The Morgan fingerprint density at radius 1 is 1.06 bits per heavy atom. The topological polar surface area (TPSA) is 142 Å². The average Bonchev–Trinajstić information content (AvgIpc) is 3.43. The standard InChI is InChI=1S/C20H13Cl2FN10O/c1-9-25-8-13(23)19-28-29-20(32(9)19)14-6-5-10(7-26-14)27-18-15(17(24)34)30-33(31-18)16-11(21)3-2-4-12(16)22/h2-8H,1H3,(H2,24,34)(H,27,31). The van der Waals surface area contributed by atoms with Gasteiger partial charge in [-0.05, 0) is 31.2 Å². The lowest BCUT2D eigenvalue weighted by molar-refractivity contribution is 0.0996. The van der Waals surface area contributed by atoms with E-state index < -0.39 is 11.7 Å². The van der Waals surface area contributed by atoms with Gasteiger partial charge in [0.05, 0.1) is 28.1 Å². The van der Waals surface area contributed by atoms with Gasteiger partial charge in [-0.2, -0.15) is 0 Å². The molecule has 0 aliphatic rings. The van der Waals surface area contributed by atoms with E-state index in [1.165, 1.54) is 10.6 Å². The number of carbonyl (C=O) groups is 1. The summed E-state index contributed by atoms with van der Waals surface area (Å²) in [4.78, 5) is 21.4. The van der Waals surface area contributed by atoms with Crippen LogP contribution >= 0.6 is 23.2 Å². The molecule has 1 aromatic carbocycles. The number of rotatable bonds is 5. The first-order valence-corrected chi connectivity index (χ1v) is 10.4. The fourth-order valence-corrected chi connectivity index (χ4v) is 3.80. The Labute approximate surface area is 200 Å². The summed E-state index contributed by atoms with van der Waals surface area (Å²) in [6.45, 7) is 1.70. The first kappa shape index (κ1) is 21.7. The molecule has 0 radical (unpaired) electrons. The minimum atomic E-state index is -0.804. The van der Waals surface area contributed by atoms with E-state index in [0.717, 1.165) is 11.0 Å². The number of aromatic nitrogens is 8. The first-order chi connectivity index (χ1) is 16.3. The monoisotopic (exact) mass is 498 g/mol. The predicted molar refractivity (Wildman–Crippen MR) is 122 cm³/mol. The van der Waals surface area contributed by atoms with E-state index >= 15 is 0 Å². The van der Waals surface area contributed by atoms with Crippen LogP contribution in [0.4, 0.5) is 15.9 Å². The number of anilines is 2. The smallest absolute Gasteiger partial charge is 0.273 e. The molecule has 170 valence electrons. The number of halogens is 3. The number of pyridine rings is 1. The number of fused-ring (bicyclic) bond motifs is 1. The molecule has 0 aliphatic heterocycles. The molecule has 0 unspecified atom stereocenters. The molecule has 0 spiro atoms. The maximum absolute atomic E-state index is 14.0. The highest BCUT2D eigenvalue weighted by Crippen LogP contribution is 2.29. The van der Waals surface area contributed by atoms with Crippen molar-refractivity contribution in [3.63, 3.8) is 0 Å². The molecule has 4 aromatic heterocycles. The summed E-state index contributed by atoms with van der Waals surface area (Å²) in [5.41, 5.74) is 6.59. The number of benzene rings is 1. The summed E-state index contributed by atoms with van der Waals surface area (Å²) >= 11 is 12.4. The summed E-state index contributed by atoms with van der Waals surface area (Å²) in [7, 11) is 0. The Hall–Kier alpha value is -4.16. The van der Waals surface area contributed by atoms with Gasteiger partial charge in [0.15, 0.2) is 28.8 Å². The van der Waals surface area contributed by atoms with Crippen molar-refractivity contribution in [2.75, 3.05) is 5.32 Å². The molecule has 5 rings (SSSR count). The normalized spacial score (nSPS) is 11.2. The summed E-state index contributed by atoms with van der Waals surface area (Å²) < 4.78 is 15.5. The van der Waals surface area contributed by atoms with Crippen LogP contribution in [0.1, 0.15) is 16.3 Å². The highest BCUT2D eigenvalue weighted by Gasteiger charge is 2.20. The SMILES string of the molecule is Cc1ncc(F)c2nnc(-c3ccc(Nc4nn(-c5c(Cl)cccc5Cl)nc4C(N)=O)cn3)n12. The van der Waals surface area contributed by atoms with Crippen molar-refractivity contribution >= 4 is 46.3 Å². The highest BCUT2D eigenvalue weighted by molar-refractivity contribution is 6.37. The third kappa shape index (κ3) is 3.68. The zero-order valence-electron chi connectivity index (χ0n) is 17.2. The van der Waals surface area contributed by atoms with Crippen LogP contribution in [0.3, 0.4) is 0 Å². The molecule has 14 heteroatoms. The maximum Gasteiger partial charge on any atom is 0.273 e. The molecular formula is C20H13Cl2FN10O. The molecule has 1 amide bonds. The molecule has 0 saturated heterocycles. The van der Waals surface area contributed by atoms with E-state index in [2.05, 4.69) is 35.7 Å². The Morgan fingerprint density at radius 2 is 1.82 bits per heavy atom. The lowest BCUT2D eigenvalue weighted by Gasteiger charge is -2.06. The molecule has 0 fully saturated rings. The van der Waals surface area contributed by atoms with Gasteiger partial charge in [0.25, 0.3) is 5.91 Å². The third-order valence-corrected chi connectivity index (χ3v) is 5.41. The molecule has 5 aromatic rings. The van der Waals surface area contributed by atoms with Crippen molar-refractivity contribution in [1.82, 2.24) is 39.6 Å². The van der Waals surface area contributed by atoms with Crippen molar-refractivity contribution in [1.29, 1.82) is 0 Å². The van der Waals surface area contributed by atoms with Crippen LogP contribution < -0.4 is 11.1 Å². The van der Waals surface area contributed by atoms with Gasteiger partial charge in [0.1, 0.15) is 17.2 Å². The van der Waals surface area contributed by atoms with Crippen LogP contribution in [0.25, 0.3) is 22.9 Å². The van der Waals surface area contributed by atoms with E-state index in [9.17, 15) is 9.18 Å². The molecule has 0 saturated carbocycles. The van der Waals surface area contributed by atoms with Gasteiger partial charge in [-0.1, -0.05) is 29.3 Å². The number of primary amides is 1. The molecule has 3 N–H and O–H groups in total. The van der Waals surface area contributed by atoms with Crippen LogP contribution in [0.5, 0.6) is 0 Å². The van der Waals surface area contributed by atoms with Crippen molar-refractivity contribution < 1.29 is 9.18 Å². The van der Waals surface area contributed by atoms with Crippen molar-refractivity contribution in [3.05, 3.63) is 70.1 Å². The zero-order chi connectivity index (χ0) is 24.0. The summed E-state index contributed by atoms with van der Waals surface area (Å²) in [5, 5.41) is 19.8. The quantitative estimate of drug-likeness (QED) is 0.375. The van der Waals surface area contributed by atoms with Crippen molar-refractivity contribution in [2.45, 2.75) is 6.92 Å². The second-order valence-corrected chi connectivity index (χ2v) is 7.83. The number of carbonyl (C=O) groups excluding carboxylic acids is 1. The van der Waals surface area contributed by atoms with Gasteiger partial charge >= 0.3 is 0 Å². The molecule has 11 nitrogen and oxygen atoms in total. The molecule has 0 atom stereocenters. The van der Waals surface area contributed by atoms with Gasteiger partial charge < -0.3 is 11.1 Å². The number of hydrogen-bond acceptors (Lipinski definition) is 8. The van der Waals surface area contributed by atoms with E-state index in [1.54, 1.807) is 37.3 Å². The number of aryl methyl sites for hydroxylation is 1. The largest absolute Gasteiger partial charge is 0.364 e. The average molecular weight is 499 g/mol. The van der Waals surface area contributed by atoms with Gasteiger partial charge in [-0.15, -0.1) is 25.2 Å². The predicted octanol–water partition coefficient (Wildman–Crippen LogP) is 3.36. The van der Waals surface area contributed by atoms with Crippen LogP contribution in [0.2, 0.25) is 10.0 Å². The van der Waals surface area contributed by atoms with Crippen LogP contribution in [0.15, 0.2) is 42.7 Å². The second-order valence-electron chi connectivity index (χ2n) is 7.01. The van der Waals surface area contributed by atoms with E-state index in [-0.39, 0.29) is 27.2 Å². The fraction of sp³-hybridized carbons (Fsp3) is 0.0500. The molecule has 4 heterocycles.